The molecule has 7 heteroatoms. The van der Waals surface area contributed by atoms with Crippen LogP contribution in [0.25, 0.3) is 0 Å². The number of likely N-dealkylation sites (tertiary alicyclic amines) is 2. The number of aromatic nitrogens is 2. The third kappa shape index (κ3) is 4.10. The number of rotatable bonds is 5. The highest BCUT2D eigenvalue weighted by Crippen LogP contribution is 2.39. The van der Waals surface area contributed by atoms with E-state index in [1.165, 1.54) is 42.9 Å². The zero-order valence-electron chi connectivity index (χ0n) is 16.3. The van der Waals surface area contributed by atoms with E-state index in [1.807, 2.05) is 22.4 Å². The Morgan fingerprint density at radius 3 is 2.71 bits per heavy atom. The second kappa shape index (κ2) is 8.66. The SMILES string of the molecule is CC[C@@H]1CCCCN1CC(=O)N1C[C@@H](c2ccc(F)cc2)[C@H](c2csnn2)C1. The summed E-state index contributed by atoms with van der Waals surface area (Å²) in [5.74, 6) is 0.184. The lowest BCUT2D eigenvalue weighted by Gasteiger charge is -2.35. The zero-order valence-corrected chi connectivity index (χ0v) is 17.1. The van der Waals surface area contributed by atoms with E-state index in [-0.39, 0.29) is 23.6 Å². The molecule has 1 aromatic carbocycles. The number of amides is 1. The van der Waals surface area contributed by atoms with Crippen LogP contribution < -0.4 is 0 Å². The summed E-state index contributed by atoms with van der Waals surface area (Å²) in [5.41, 5.74) is 1.98. The fourth-order valence-electron chi connectivity index (χ4n) is 4.69. The number of carbonyl (C=O) groups excluding carboxylic acids is 1. The van der Waals surface area contributed by atoms with Crippen molar-refractivity contribution >= 4 is 17.4 Å². The molecule has 3 atom stereocenters. The van der Waals surface area contributed by atoms with Gasteiger partial charge in [0.25, 0.3) is 0 Å². The van der Waals surface area contributed by atoms with Gasteiger partial charge in [-0.1, -0.05) is 30.0 Å². The van der Waals surface area contributed by atoms with Gasteiger partial charge in [-0.05, 0) is 55.0 Å². The summed E-state index contributed by atoms with van der Waals surface area (Å²) in [6.07, 6.45) is 4.72. The molecule has 0 unspecified atom stereocenters. The van der Waals surface area contributed by atoms with Crippen molar-refractivity contribution in [3.05, 3.63) is 46.7 Å². The van der Waals surface area contributed by atoms with Gasteiger partial charge in [-0.2, -0.15) is 0 Å². The predicted molar refractivity (Wildman–Crippen MR) is 108 cm³/mol. The fraction of sp³-hybridized carbons (Fsp3) is 0.571. The Kier molecular flexibility index (Phi) is 6.01. The van der Waals surface area contributed by atoms with Crippen LogP contribution in [0.5, 0.6) is 0 Å². The van der Waals surface area contributed by atoms with Crippen molar-refractivity contribution in [1.82, 2.24) is 19.4 Å². The summed E-state index contributed by atoms with van der Waals surface area (Å²) in [5, 5.41) is 6.24. The Hall–Kier alpha value is -1.86. The number of benzene rings is 1. The molecule has 0 N–H and O–H groups in total. The minimum atomic E-state index is -0.239. The Labute approximate surface area is 169 Å². The van der Waals surface area contributed by atoms with Crippen LogP contribution >= 0.6 is 11.5 Å². The first kappa shape index (κ1) is 19.5. The first-order valence-corrected chi connectivity index (χ1v) is 11.0. The van der Waals surface area contributed by atoms with Crippen molar-refractivity contribution in [1.29, 1.82) is 0 Å². The number of carbonyl (C=O) groups is 1. The van der Waals surface area contributed by atoms with E-state index in [1.54, 1.807) is 0 Å². The predicted octanol–water partition coefficient (Wildman–Crippen LogP) is 3.65. The number of nitrogens with zero attached hydrogens (tertiary/aromatic N) is 4. The normalized spacial score (nSPS) is 25.9. The van der Waals surface area contributed by atoms with Gasteiger partial charge in [-0.3, -0.25) is 9.69 Å². The summed E-state index contributed by atoms with van der Waals surface area (Å²) in [7, 11) is 0. The first-order chi connectivity index (χ1) is 13.7. The molecular formula is C21H27FN4OS. The molecule has 2 aliphatic heterocycles. The molecule has 0 saturated carbocycles. The van der Waals surface area contributed by atoms with Crippen LogP contribution in [-0.4, -0.2) is 57.5 Å². The summed E-state index contributed by atoms with van der Waals surface area (Å²) >= 11 is 1.33. The minimum absolute atomic E-state index is 0.108. The molecule has 2 aliphatic rings. The standard InChI is InChI=1S/C21H27FN4OS/c1-2-17-5-3-4-10-25(17)13-21(27)26-11-18(15-6-8-16(22)9-7-15)19(12-26)20-14-28-24-23-20/h6-9,14,17-19H,2-5,10-13H2,1H3/t17-,18+,19-/m1/s1. The van der Waals surface area contributed by atoms with Crippen LogP contribution in [0, 0.1) is 5.82 Å². The monoisotopic (exact) mass is 402 g/mol. The van der Waals surface area contributed by atoms with Crippen molar-refractivity contribution in [3.63, 3.8) is 0 Å². The van der Waals surface area contributed by atoms with Crippen LogP contribution in [0.1, 0.15) is 55.7 Å². The van der Waals surface area contributed by atoms with E-state index in [4.69, 9.17) is 0 Å². The van der Waals surface area contributed by atoms with E-state index in [0.29, 0.717) is 25.7 Å². The maximum Gasteiger partial charge on any atom is 0.236 e. The lowest BCUT2D eigenvalue weighted by molar-refractivity contribution is -0.132. The van der Waals surface area contributed by atoms with Crippen molar-refractivity contribution in [2.75, 3.05) is 26.2 Å². The molecular weight excluding hydrogens is 375 g/mol. The number of piperidine rings is 1. The van der Waals surface area contributed by atoms with Crippen molar-refractivity contribution in [3.8, 4) is 0 Å². The van der Waals surface area contributed by atoms with E-state index >= 15 is 0 Å². The fourth-order valence-corrected chi connectivity index (χ4v) is 5.21. The topological polar surface area (TPSA) is 49.3 Å². The summed E-state index contributed by atoms with van der Waals surface area (Å²) in [6.45, 7) is 5.02. The summed E-state index contributed by atoms with van der Waals surface area (Å²) in [4.78, 5) is 17.4. The first-order valence-electron chi connectivity index (χ1n) is 10.2. The number of hydrogen-bond acceptors (Lipinski definition) is 5. The highest BCUT2D eigenvalue weighted by molar-refractivity contribution is 7.03. The Morgan fingerprint density at radius 2 is 2.00 bits per heavy atom. The van der Waals surface area contributed by atoms with Crippen LogP contribution in [0.3, 0.4) is 0 Å². The van der Waals surface area contributed by atoms with Gasteiger partial charge in [0.05, 0.1) is 12.2 Å². The molecule has 0 bridgehead atoms. The maximum atomic E-state index is 13.4. The second-order valence-corrected chi connectivity index (χ2v) is 8.53. The molecule has 0 radical (unpaired) electrons. The lowest BCUT2D eigenvalue weighted by atomic mass is 9.87. The second-order valence-electron chi connectivity index (χ2n) is 7.92. The van der Waals surface area contributed by atoms with Gasteiger partial charge in [0, 0.05) is 36.3 Å². The van der Waals surface area contributed by atoms with Gasteiger partial charge >= 0.3 is 0 Å². The van der Waals surface area contributed by atoms with Crippen LogP contribution in [0.15, 0.2) is 29.6 Å². The molecule has 3 heterocycles. The van der Waals surface area contributed by atoms with Gasteiger partial charge in [0.15, 0.2) is 0 Å². The average Bonchev–Trinajstić information content (AvgIpc) is 3.39. The van der Waals surface area contributed by atoms with E-state index in [9.17, 15) is 9.18 Å². The molecule has 0 aliphatic carbocycles. The van der Waals surface area contributed by atoms with Crippen LogP contribution in [0.2, 0.25) is 0 Å². The molecule has 2 saturated heterocycles. The van der Waals surface area contributed by atoms with Gasteiger partial charge in [0.2, 0.25) is 5.91 Å². The maximum absolute atomic E-state index is 13.4. The smallest absolute Gasteiger partial charge is 0.236 e. The van der Waals surface area contributed by atoms with Crippen LogP contribution in [0.4, 0.5) is 4.39 Å². The van der Waals surface area contributed by atoms with Gasteiger partial charge in [-0.15, -0.1) is 5.10 Å². The van der Waals surface area contributed by atoms with E-state index < -0.39 is 0 Å². The molecule has 4 rings (SSSR count). The number of hydrogen-bond donors (Lipinski definition) is 0. The molecule has 5 nitrogen and oxygen atoms in total. The molecule has 28 heavy (non-hydrogen) atoms. The lowest BCUT2D eigenvalue weighted by Crippen LogP contribution is -2.46. The molecule has 2 aromatic rings. The number of halogens is 1. The van der Waals surface area contributed by atoms with Crippen molar-refractivity contribution in [2.45, 2.75) is 50.5 Å². The Balaban J connectivity index is 1.50. The third-order valence-corrected chi connectivity index (χ3v) is 6.81. The molecule has 150 valence electrons. The largest absolute Gasteiger partial charge is 0.340 e. The Bertz CT molecular complexity index is 782. The highest BCUT2D eigenvalue weighted by atomic mass is 32.1. The van der Waals surface area contributed by atoms with Gasteiger partial charge in [-0.25, -0.2) is 4.39 Å². The minimum Gasteiger partial charge on any atom is -0.340 e. The van der Waals surface area contributed by atoms with E-state index in [2.05, 4.69) is 21.4 Å². The summed E-state index contributed by atoms with van der Waals surface area (Å²) in [6, 6.07) is 7.18. The van der Waals surface area contributed by atoms with Gasteiger partial charge < -0.3 is 4.90 Å². The summed E-state index contributed by atoms with van der Waals surface area (Å²) < 4.78 is 17.4. The average molecular weight is 403 g/mol. The van der Waals surface area contributed by atoms with Crippen molar-refractivity contribution < 1.29 is 9.18 Å². The quantitative estimate of drug-likeness (QED) is 0.766. The Morgan fingerprint density at radius 1 is 1.21 bits per heavy atom. The third-order valence-electron chi connectivity index (χ3n) is 6.29. The van der Waals surface area contributed by atoms with E-state index in [0.717, 1.165) is 24.2 Å². The zero-order chi connectivity index (χ0) is 19.5. The molecule has 2 fully saturated rings. The molecule has 1 amide bonds. The van der Waals surface area contributed by atoms with Crippen molar-refractivity contribution in [2.24, 2.45) is 0 Å². The molecule has 1 aromatic heterocycles. The molecule has 0 spiro atoms. The van der Waals surface area contributed by atoms with Crippen LogP contribution in [-0.2, 0) is 4.79 Å². The van der Waals surface area contributed by atoms with Gasteiger partial charge in [0.1, 0.15) is 5.82 Å². The highest BCUT2D eigenvalue weighted by Gasteiger charge is 2.39.